The van der Waals surface area contributed by atoms with Crippen molar-refractivity contribution in [1.29, 1.82) is 0 Å². The highest BCUT2D eigenvalue weighted by Gasteiger charge is 2.45. The van der Waals surface area contributed by atoms with Crippen LogP contribution in [0.1, 0.15) is 25.7 Å². The Morgan fingerprint density at radius 2 is 1.70 bits per heavy atom. The van der Waals surface area contributed by atoms with Crippen LogP contribution < -0.4 is 0 Å². The highest BCUT2D eigenvalue weighted by atomic mass is 32.2. The van der Waals surface area contributed by atoms with Crippen LogP contribution in [-0.2, 0) is 21.2 Å². The lowest BCUT2D eigenvalue weighted by atomic mass is 10.0. The van der Waals surface area contributed by atoms with E-state index < -0.39 is 9.84 Å². The fraction of sp³-hybridized carbons (Fsp3) is 0.643. The van der Waals surface area contributed by atoms with Crippen molar-refractivity contribution in [2.75, 3.05) is 6.26 Å². The molecule has 0 aliphatic carbocycles. The first kappa shape index (κ1) is 13.7. The molecule has 3 heterocycles. The number of hydrogen-bond donors (Lipinski definition) is 0. The van der Waals surface area contributed by atoms with Crippen LogP contribution in [0, 0.1) is 0 Å². The lowest BCUT2D eigenvalue weighted by Crippen LogP contribution is -2.50. The van der Waals surface area contributed by atoms with Crippen molar-refractivity contribution >= 4 is 15.7 Å². The van der Waals surface area contributed by atoms with E-state index in [0.29, 0.717) is 19.4 Å². The Bertz CT molecular complexity index is 580. The molecule has 6 heteroatoms. The largest absolute Gasteiger partial charge is 0.345 e. The van der Waals surface area contributed by atoms with Gasteiger partial charge in [-0.15, -0.1) is 0 Å². The summed E-state index contributed by atoms with van der Waals surface area (Å²) >= 11 is 0. The van der Waals surface area contributed by atoms with Crippen LogP contribution in [0.5, 0.6) is 0 Å². The fourth-order valence-electron chi connectivity index (χ4n) is 3.60. The SMILES string of the molecule is CS(=O)(=O)C1CC2CCC(C1)N2C(=O)Cn1cccc1. The molecule has 3 rings (SSSR count). The van der Waals surface area contributed by atoms with Crippen LogP contribution in [0.3, 0.4) is 0 Å². The van der Waals surface area contributed by atoms with E-state index in [-0.39, 0.29) is 23.2 Å². The van der Waals surface area contributed by atoms with Gasteiger partial charge in [0, 0.05) is 30.7 Å². The van der Waals surface area contributed by atoms with Gasteiger partial charge in [-0.2, -0.15) is 0 Å². The van der Waals surface area contributed by atoms with Crippen molar-refractivity contribution in [2.45, 2.75) is 49.6 Å². The highest BCUT2D eigenvalue weighted by Crippen LogP contribution is 2.38. The first-order valence-electron chi connectivity index (χ1n) is 7.06. The molecule has 2 aliphatic rings. The first-order chi connectivity index (χ1) is 9.45. The van der Waals surface area contributed by atoms with Gasteiger partial charge in [-0.3, -0.25) is 4.79 Å². The lowest BCUT2D eigenvalue weighted by Gasteiger charge is -2.38. The normalized spacial score (nSPS) is 29.6. The summed E-state index contributed by atoms with van der Waals surface area (Å²) in [6, 6.07) is 4.02. The van der Waals surface area contributed by atoms with Gasteiger partial charge in [0.15, 0.2) is 0 Å². The zero-order chi connectivity index (χ0) is 14.3. The van der Waals surface area contributed by atoms with Crippen LogP contribution >= 0.6 is 0 Å². The molecule has 2 unspecified atom stereocenters. The van der Waals surface area contributed by atoms with Gasteiger partial charge >= 0.3 is 0 Å². The smallest absolute Gasteiger partial charge is 0.242 e. The molecule has 0 N–H and O–H groups in total. The van der Waals surface area contributed by atoms with E-state index in [4.69, 9.17) is 0 Å². The van der Waals surface area contributed by atoms with Gasteiger partial charge < -0.3 is 9.47 Å². The van der Waals surface area contributed by atoms with Crippen LogP contribution in [0.4, 0.5) is 0 Å². The number of rotatable bonds is 3. The Kier molecular flexibility index (Phi) is 3.36. The van der Waals surface area contributed by atoms with E-state index in [1.54, 1.807) is 0 Å². The summed E-state index contributed by atoms with van der Waals surface area (Å²) in [6.45, 7) is 0.351. The Morgan fingerprint density at radius 1 is 1.15 bits per heavy atom. The van der Waals surface area contributed by atoms with E-state index in [1.807, 2.05) is 34.0 Å². The van der Waals surface area contributed by atoms with Crippen molar-refractivity contribution in [3.8, 4) is 0 Å². The molecule has 2 bridgehead atoms. The quantitative estimate of drug-likeness (QED) is 0.838. The van der Waals surface area contributed by atoms with E-state index in [1.165, 1.54) is 6.26 Å². The number of carbonyl (C=O) groups excluding carboxylic acids is 1. The van der Waals surface area contributed by atoms with Crippen molar-refractivity contribution in [2.24, 2.45) is 0 Å². The predicted octanol–water partition coefficient (Wildman–Crippen LogP) is 1.05. The second-order valence-electron chi connectivity index (χ2n) is 5.96. The van der Waals surface area contributed by atoms with Gasteiger partial charge in [0.2, 0.25) is 5.91 Å². The molecule has 1 aromatic heterocycles. The second-order valence-corrected chi connectivity index (χ2v) is 8.29. The topological polar surface area (TPSA) is 59.4 Å². The molecule has 1 aromatic rings. The van der Waals surface area contributed by atoms with Crippen LogP contribution in [0.15, 0.2) is 24.5 Å². The summed E-state index contributed by atoms with van der Waals surface area (Å²) in [6.07, 6.45) is 8.15. The molecular formula is C14H20N2O3S. The molecule has 20 heavy (non-hydrogen) atoms. The molecule has 0 saturated carbocycles. The van der Waals surface area contributed by atoms with Crippen LogP contribution in [-0.4, -0.2) is 47.4 Å². The number of aromatic nitrogens is 1. The first-order valence-corrected chi connectivity index (χ1v) is 9.01. The number of fused-ring (bicyclic) bond motifs is 2. The summed E-state index contributed by atoms with van der Waals surface area (Å²) in [5.74, 6) is 0.112. The molecular weight excluding hydrogens is 276 g/mol. The van der Waals surface area contributed by atoms with E-state index in [0.717, 1.165) is 12.8 Å². The Morgan fingerprint density at radius 3 is 2.20 bits per heavy atom. The summed E-state index contributed by atoms with van der Waals surface area (Å²) in [5.41, 5.74) is 0. The predicted molar refractivity (Wildman–Crippen MR) is 76.0 cm³/mol. The van der Waals surface area contributed by atoms with Crippen molar-refractivity contribution in [3.05, 3.63) is 24.5 Å². The van der Waals surface area contributed by atoms with Crippen molar-refractivity contribution in [1.82, 2.24) is 9.47 Å². The third-order valence-electron chi connectivity index (χ3n) is 4.57. The third kappa shape index (κ3) is 2.49. The van der Waals surface area contributed by atoms with Gasteiger partial charge in [0.25, 0.3) is 0 Å². The maximum Gasteiger partial charge on any atom is 0.242 e. The minimum atomic E-state index is -2.99. The van der Waals surface area contributed by atoms with Gasteiger partial charge in [0.1, 0.15) is 16.4 Å². The van der Waals surface area contributed by atoms with Gasteiger partial charge in [-0.25, -0.2) is 8.42 Å². The number of nitrogens with zero attached hydrogens (tertiary/aromatic N) is 2. The zero-order valence-electron chi connectivity index (χ0n) is 11.6. The standard InChI is InChI=1S/C14H20N2O3S/c1-20(18,19)13-8-11-4-5-12(9-13)16(11)14(17)10-15-6-2-3-7-15/h2-3,6-7,11-13H,4-5,8-10H2,1H3. The number of piperidine rings is 1. The Balaban J connectivity index is 1.72. The molecule has 2 aliphatic heterocycles. The van der Waals surface area contributed by atoms with Crippen molar-refractivity contribution in [3.63, 3.8) is 0 Å². The second kappa shape index (κ2) is 4.91. The fourth-order valence-corrected chi connectivity index (χ4v) is 4.74. The molecule has 2 atom stereocenters. The molecule has 5 nitrogen and oxygen atoms in total. The monoisotopic (exact) mass is 296 g/mol. The number of carbonyl (C=O) groups is 1. The Labute approximate surface area is 119 Å². The van der Waals surface area contributed by atoms with Crippen molar-refractivity contribution < 1.29 is 13.2 Å². The van der Waals surface area contributed by atoms with E-state index in [9.17, 15) is 13.2 Å². The number of sulfone groups is 1. The van der Waals surface area contributed by atoms with Crippen LogP contribution in [0.25, 0.3) is 0 Å². The minimum Gasteiger partial charge on any atom is -0.345 e. The number of amides is 1. The molecule has 1 amide bonds. The Hall–Kier alpha value is -1.30. The zero-order valence-corrected chi connectivity index (χ0v) is 12.4. The molecule has 2 saturated heterocycles. The average molecular weight is 296 g/mol. The van der Waals surface area contributed by atoms with E-state index in [2.05, 4.69) is 0 Å². The summed E-state index contributed by atoms with van der Waals surface area (Å²) in [7, 11) is -2.99. The molecule has 0 radical (unpaired) electrons. The lowest BCUT2D eigenvalue weighted by molar-refractivity contribution is -0.136. The molecule has 0 aromatic carbocycles. The maximum absolute atomic E-state index is 12.4. The van der Waals surface area contributed by atoms with Gasteiger partial charge in [-0.1, -0.05) is 0 Å². The van der Waals surface area contributed by atoms with Crippen LogP contribution in [0.2, 0.25) is 0 Å². The molecule has 110 valence electrons. The summed E-state index contributed by atoms with van der Waals surface area (Å²) < 4.78 is 25.3. The third-order valence-corrected chi connectivity index (χ3v) is 6.16. The highest BCUT2D eigenvalue weighted by molar-refractivity contribution is 7.91. The minimum absolute atomic E-state index is 0.108. The summed E-state index contributed by atoms with van der Waals surface area (Å²) in [5, 5.41) is -0.268. The summed E-state index contributed by atoms with van der Waals surface area (Å²) in [4.78, 5) is 14.4. The van der Waals surface area contributed by atoms with Gasteiger partial charge in [-0.05, 0) is 37.8 Å². The molecule has 0 spiro atoms. The maximum atomic E-state index is 12.4. The van der Waals surface area contributed by atoms with E-state index >= 15 is 0 Å². The van der Waals surface area contributed by atoms with Gasteiger partial charge in [0.05, 0.1) is 5.25 Å². The number of hydrogen-bond acceptors (Lipinski definition) is 3. The molecule has 2 fully saturated rings. The average Bonchev–Trinajstić information content (AvgIpc) is 2.94.